The Labute approximate surface area is 175 Å². The monoisotopic (exact) mass is 452 g/mol. The Bertz CT molecular complexity index is 1160. The van der Waals surface area contributed by atoms with Crippen LogP contribution in [0.15, 0.2) is 77.0 Å². The highest BCUT2D eigenvalue weighted by Crippen LogP contribution is 2.27. The Hall–Kier alpha value is -2.64. The summed E-state index contributed by atoms with van der Waals surface area (Å²) >= 11 is 4.88. The second-order valence-corrected chi connectivity index (χ2v) is 8.03. The number of aromatic nitrogens is 4. The van der Waals surface area contributed by atoms with Crippen molar-refractivity contribution in [1.82, 2.24) is 19.7 Å². The van der Waals surface area contributed by atoms with Crippen molar-refractivity contribution in [3.63, 3.8) is 0 Å². The lowest BCUT2D eigenvalue weighted by atomic mass is 10.1. The van der Waals surface area contributed by atoms with Gasteiger partial charge in [0.05, 0.1) is 5.75 Å². The molecule has 2 aromatic carbocycles. The molecule has 0 unspecified atom stereocenters. The van der Waals surface area contributed by atoms with Gasteiger partial charge in [0.15, 0.2) is 16.8 Å². The first-order valence-electron chi connectivity index (χ1n) is 8.69. The van der Waals surface area contributed by atoms with Crippen LogP contribution >= 0.6 is 27.7 Å². The fourth-order valence-electron chi connectivity index (χ4n) is 3.04. The third-order valence-corrected chi connectivity index (χ3v) is 5.79. The molecule has 0 atom stereocenters. The molecule has 7 heteroatoms. The standard InChI is InChI=1S/C21H17BrN4OS/c1-2-10-26-20(14-6-5-7-15(22)11-14)24-25-21(26)28-13-19(27)17-12-23-18-9-4-3-8-16(17)18/h2-9,11-12,23H,1,10,13H2. The summed E-state index contributed by atoms with van der Waals surface area (Å²) in [5.74, 6) is 1.10. The molecule has 4 aromatic rings. The van der Waals surface area contributed by atoms with Gasteiger partial charge in [-0.2, -0.15) is 0 Å². The summed E-state index contributed by atoms with van der Waals surface area (Å²) in [6.07, 6.45) is 3.57. The minimum atomic E-state index is 0.0552. The number of fused-ring (bicyclic) bond motifs is 1. The number of carbonyl (C=O) groups excluding carboxylic acids is 1. The molecule has 140 valence electrons. The van der Waals surface area contributed by atoms with Gasteiger partial charge in [-0.1, -0.05) is 64.1 Å². The van der Waals surface area contributed by atoms with Crippen molar-refractivity contribution in [2.24, 2.45) is 0 Å². The lowest BCUT2D eigenvalue weighted by Gasteiger charge is -2.08. The quantitative estimate of drug-likeness (QED) is 0.233. The van der Waals surface area contributed by atoms with Crippen LogP contribution in [0.5, 0.6) is 0 Å². The number of Topliss-reactive ketones (excluding diaryl/α,β-unsaturated/α-hetero) is 1. The molecule has 0 aliphatic carbocycles. The zero-order chi connectivity index (χ0) is 19.5. The van der Waals surface area contributed by atoms with E-state index in [0.717, 1.165) is 26.8 Å². The van der Waals surface area contributed by atoms with E-state index in [0.29, 0.717) is 17.3 Å². The second kappa shape index (κ2) is 8.16. The minimum Gasteiger partial charge on any atom is -0.360 e. The van der Waals surface area contributed by atoms with Crippen molar-refractivity contribution >= 4 is 44.4 Å². The van der Waals surface area contributed by atoms with E-state index >= 15 is 0 Å². The molecule has 0 amide bonds. The number of hydrogen-bond acceptors (Lipinski definition) is 4. The average molecular weight is 453 g/mol. The van der Waals surface area contributed by atoms with Gasteiger partial charge < -0.3 is 4.98 Å². The van der Waals surface area contributed by atoms with Crippen LogP contribution in [0.4, 0.5) is 0 Å². The number of nitrogens with one attached hydrogen (secondary N) is 1. The van der Waals surface area contributed by atoms with Crippen LogP contribution in [-0.4, -0.2) is 31.3 Å². The molecule has 0 radical (unpaired) electrons. The molecule has 0 spiro atoms. The molecule has 0 fully saturated rings. The van der Waals surface area contributed by atoms with E-state index in [1.807, 2.05) is 53.1 Å². The lowest BCUT2D eigenvalue weighted by Crippen LogP contribution is -2.05. The third-order valence-electron chi connectivity index (χ3n) is 4.33. The second-order valence-electron chi connectivity index (χ2n) is 6.18. The average Bonchev–Trinajstić information content (AvgIpc) is 3.31. The van der Waals surface area contributed by atoms with Gasteiger partial charge in [0.25, 0.3) is 0 Å². The maximum absolute atomic E-state index is 12.8. The fourth-order valence-corrected chi connectivity index (χ4v) is 4.27. The highest BCUT2D eigenvalue weighted by Gasteiger charge is 2.17. The number of hydrogen-bond donors (Lipinski definition) is 1. The highest BCUT2D eigenvalue weighted by atomic mass is 79.9. The van der Waals surface area contributed by atoms with Crippen LogP contribution in [-0.2, 0) is 6.54 Å². The van der Waals surface area contributed by atoms with Crippen LogP contribution < -0.4 is 0 Å². The minimum absolute atomic E-state index is 0.0552. The van der Waals surface area contributed by atoms with E-state index in [1.54, 1.807) is 12.3 Å². The van der Waals surface area contributed by atoms with Crippen molar-refractivity contribution in [3.05, 3.63) is 77.4 Å². The number of H-pyrrole nitrogens is 1. The Morgan fingerprint density at radius 2 is 2.07 bits per heavy atom. The molecule has 2 aromatic heterocycles. The molecule has 0 saturated heterocycles. The van der Waals surface area contributed by atoms with Gasteiger partial charge in [0, 0.05) is 39.2 Å². The molecule has 4 rings (SSSR count). The molecule has 0 bridgehead atoms. The zero-order valence-electron chi connectivity index (χ0n) is 14.9. The third kappa shape index (κ3) is 3.68. The van der Waals surface area contributed by atoms with Crippen LogP contribution in [0.25, 0.3) is 22.3 Å². The van der Waals surface area contributed by atoms with E-state index in [1.165, 1.54) is 11.8 Å². The SMILES string of the molecule is C=CCn1c(SCC(=O)c2c[nH]c3ccccc23)nnc1-c1cccc(Br)c1. The smallest absolute Gasteiger partial charge is 0.192 e. The van der Waals surface area contributed by atoms with Crippen LogP contribution in [0.1, 0.15) is 10.4 Å². The van der Waals surface area contributed by atoms with Gasteiger partial charge >= 0.3 is 0 Å². The molecule has 0 aliphatic heterocycles. The number of para-hydroxylation sites is 1. The predicted molar refractivity (Wildman–Crippen MR) is 117 cm³/mol. The van der Waals surface area contributed by atoms with Gasteiger partial charge in [-0.25, -0.2) is 0 Å². The number of ketones is 1. The summed E-state index contributed by atoms with van der Waals surface area (Å²) in [7, 11) is 0. The molecule has 0 saturated carbocycles. The lowest BCUT2D eigenvalue weighted by molar-refractivity contribution is 0.102. The van der Waals surface area contributed by atoms with E-state index in [2.05, 4.69) is 37.7 Å². The van der Waals surface area contributed by atoms with Gasteiger partial charge in [0.1, 0.15) is 0 Å². The number of nitrogens with zero attached hydrogens (tertiary/aromatic N) is 3. The van der Waals surface area contributed by atoms with Gasteiger partial charge in [-0.3, -0.25) is 9.36 Å². The number of rotatable bonds is 7. The van der Waals surface area contributed by atoms with Crippen molar-refractivity contribution < 1.29 is 4.79 Å². The van der Waals surface area contributed by atoms with Gasteiger partial charge in [-0.15, -0.1) is 16.8 Å². The van der Waals surface area contributed by atoms with Gasteiger partial charge in [0.2, 0.25) is 0 Å². The number of halogens is 1. The van der Waals surface area contributed by atoms with E-state index in [9.17, 15) is 4.79 Å². The Morgan fingerprint density at radius 3 is 2.89 bits per heavy atom. The van der Waals surface area contributed by atoms with Crippen LogP contribution in [0.3, 0.4) is 0 Å². The summed E-state index contributed by atoms with van der Waals surface area (Å²) in [6, 6.07) is 15.7. The first-order chi connectivity index (χ1) is 13.7. The molecular weight excluding hydrogens is 436 g/mol. The molecule has 0 aliphatic rings. The molecule has 1 N–H and O–H groups in total. The number of allylic oxidation sites excluding steroid dienone is 1. The van der Waals surface area contributed by atoms with E-state index in [4.69, 9.17) is 0 Å². The van der Waals surface area contributed by atoms with E-state index in [-0.39, 0.29) is 11.5 Å². The normalized spacial score (nSPS) is 11.0. The van der Waals surface area contributed by atoms with Crippen molar-refractivity contribution in [2.45, 2.75) is 11.7 Å². The molecule has 5 nitrogen and oxygen atoms in total. The number of carbonyl (C=O) groups is 1. The number of aromatic amines is 1. The summed E-state index contributed by atoms with van der Waals surface area (Å²) in [5.41, 5.74) is 2.62. The molecule has 2 heterocycles. The van der Waals surface area contributed by atoms with Crippen LogP contribution in [0, 0.1) is 0 Å². The zero-order valence-corrected chi connectivity index (χ0v) is 17.3. The summed E-state index contributed by atoms with van der Waals surface area (Å²) < 4.78 is 2.95. The van der Waals surface area contributed by atoms with Gasteiger partial charge in [-0.05, 0) is 18.2 Å². The van der Waals surface area contributed by atoms with Crippen molar-refractivity contribution in [2.75, 3.05) is 5.75 Å². The summed E-state index contributed by atoms with van der Waals surface area (Å²) in [4.78, 5) is 15.9. The highest BCUT2D eigenvalue weighted by molar-refractivity contribution is 9.10. The first-order valence-corrected chi connectivity index (χ1v) is 10.5. The van der Waals surface area contributed by atoms with E-state index < -0.39 is 0 Å². The number of benzene rings is 2. The first kappa shape index (κ1) is 18.7. The van der Waals surface area contributed by atoms with Crippen LogP contribution in [0.2, 0.25) is 0 Å². The number of thioether (sulfide) groups is 1. The maximum atomic E-state index is 12.8. The Kier molecular flexibility index (Phi) is 5.45. The molecule has 28 heavy (non-hydrogen) atoms. The topological polar surface area (TPSA) is 63.6 Å². The van der Waals surface area contributed by atoms with Crippen molar-refractivity contribution in [3.8, 4) is 11.4 Å². The maximum Gasteiger partial charge on any atom is 0.192 e. The Morgan fingerprint density at radius 1 is 1.21 bits per heavy atom. The fraction of sp³-hybridized carbons (Fsp3) is 0.0952. The molecular formula is C21H17BrN4OS. The summed E-state index contributed by atoms with van der Waals surface area (Å²) in [5, 5.41) is 10.3. The summed E-state index contributed by atoms with van der Waals surface area (Å²) in [6.45, 7) is 4.40. The largest absolute Gasteiger partial charge is 0.360 e. The Balaban J connectivity index is 1.58. The predicted octanol–water partition coefficient (Wildman–Crippen LogP) is 5.35. The van der Waals surface area contributed by atoms with Crippen molar-refractivity contribution in [1.29, 1.82) is 0 Å².